The predicted octanol–water partition coefficient (Wildman–Crippen LogP) is 4.68. The minimum absolute atomic E-state index is 0.0868. The summed E-state index contributed by atoms with van der Waals surface area (Å²) in [5.41, 5.74) is 13.5. The lowest BCUT2D eigenvalue weighted by Crippen LogP contribution is -2.58. The van der Waals surface area contributed by atoms with Gasteiger partial charge in [0, 0.05) is 30.3 Å². The lowest BCUT2D eigenvalue weighted by molar-refractivity contribution is -0.384. The van der Waals surface area contributed by atoms with Crippen molar-refractivity contribution >= 4 is 28.9 Å². The van der Waals surface area contributed by atoms with Crippen molar-refractivity contribution in [3.63, 3.8) is 0 Å². The van der Waals surface area contributed by atoms with Crippen molar-refractivity contribution in [3.05, 3.63) is 148 Å². The summed E-state index contributed by atoms with van der Waals surface area (Å²) in [4.78, 5) is 39.9. The molecule has 3 unspecified atom stereocenters. The van der Waals surface area contributed by atoms with E-state index in [0.29, 0.717) is 17.9 Å². The number of aliphatic hydroxyl groups excluding tert-OH is 1. The second-order valence-corrected chi connectivity index (χ2v) is 11.3. The number of aryl methyl sites for hydroxylation is 1. The third-order valence-corrected chi connectivity index (χ3v) is 8.51. The van der Waals surface area contributed by atoms with Crippen LogP contribution in [-0.4, -0.2) is 45.0 Å². The number of hydrogen-bond acceptors (Lipinski definition) is 8. The number of hydrogen-bond donors (Lipinski definition) is 3. The quantitative estimate of drug-likeness (QED) is 0.108. The fourth-order valence-electron chi connectivity index (χ4n) is 6.15. The number of imide groups is 1. The molecule has 2 aliphatic heterocycles. The number of aliphatic hydroxyl groups is 1. The normalized spacial score (nSPS) is 21.0. The molecule has 5 atom stereocenters. The molecular formula is C35H33N5O5. The summed E-state index contributed by atoms with van der Waals surface area (Å²) in [6.07, 6.45) is 2.40. The molecule has 228 valence electrons. The van der Waals surface area contributed by atoms with Gasteiger partial charge in [-0.25, -0.2) is 9.91 Å². The zero-order chi connectivity index (χ0) is 31.7. The Kier molecular flexibility index (Phi) is 8.27. The molecule has 10 nitrogen and oxygen atoms in total. The summed E-state index contributed by atoms with van der Waals surface area (Å²) in [5, 5.41) is 25.2. The number of carbonyl (C=O) groups is 2. The first-order valence-electron chi connectivity index (χ1n) is 14.7. The van der Waals surface area contributed by atoms with E-state index >= 15 is 0 Å². The molecule has 0 radical (unpaired) electrons. The summed E-state index contributed by atoms with van der Waals surface area (Å²) in [6.45, 7) is 2.32. The summed E-state index contributed by atoms with van der Waals surface area (Å²) in [5.74, 6) is -2.14. The van der Waals surface area contributed by atoms with Crippen LogP contribution in [0.4, 0.5) is 17.1 Å². The highest BCUT2D eigenvalue weighted by molar-refractivity contribution is 6.24. The molecule has 45 heavy (non-hydrogen) atoms. The van der Waals surface area contributed by atoms with Crippen molar-refractivity contribution in [2.75, 3.05) is 10.3 Å². The van der Waals surface area contributed by atoms with Crippen molar-refractivity contribution in [1.82, 2.24) is 5.01 Å². The average Bonchev–Trinajstić information content (AvgIpc) is 3.32. The third kappa shape index (κ3) is 5.74. The maximum atomic E-state index is 14.2. The fourth-order valence-corrected chi connectivity index (χ4v) is 6.15. The number of nitrogens with one attached hydrogen (secondary N) is 1. The molecule has 1 saturated heterocycles. The number of nitrogens with two attached hydrogens (primary N) is 1. The van der Waals surface area contributed by atoms with E-state index in [1.54, 1.807) is 41.4 Å². The van der Waals surface area contributed by atoms with Crippen LogP contribution in [0.15, 0.2) is 115 Å². The van der Waals surface area contributed by atoms with E-state index in [-0.39, 0.29) is 11.6 Å². The Labute approximate surface area is 260 Å². The van der Waals surface area contributed by atoms with E-state index in [9.17, 15) is 24.8 Å². The van der Waals surface area contributed by atoms with Crippen LogP contribution >= 0.6 is 0 Å². The number of amides is 2. The number of anilines is 2. The van der Waals surface area contributed by atoms with E-state index < -0.39 is 40.9 Å². The monoisotopic (exact) mass is 603 g/mol. The van der Waals surface area contributed by atoms with E-state index in [1.165, 1.54) is 29.2 Å². The summed E-state index contributed by atoms with van der Waals surface area (Å²) >= 11 is 0. The predicted molar refractivity (Wildman–Crippen MR) is 171 cm³/mol. The van der Waals surface area contributed by atoms with Gasteiger partial charge < -0.3 is 16.3 Å². The molecule has 4 aromatic carbocycles. The van der Waals surface area contributed by atoms with Crippen molar-refractivity contribution in [2.24, 2.45) is 11.7 Å². The summed E-state index contributed by atoms with van der Waals surface area (Å²) < 4.78 is 0. The van der Waals surface area contributed by atoms with Gasteiger partial charge in [0.2, 0.25) is 5.91 Å². The Bertz CT molecular complexity index is 1730. The fraction of sp³-hybridized carbons (Fsp3) is 0.200. The van der Waals surface area contributed by atoms with Crippen LogP contribution in [0.2, 0.25) is 0 Å². The minimum atomic E-state index is -1.07. The van der Waals surface area contributed by atoms with Gasteiger partial charge in [-0.1, -0.05) is 84.4 Å². The van der Waals surface area contributed by atoms with Gasteiger partial charge in [0.25, 0.3) is 11.6 Å². The highest BCUT2D eigenvalue weighted by Gasteiger charge is 2.54. The Morgan fingerprint density at radius 2 is 1.51 bits per heavy atom. The second-order valence-electron chi connectivity index (χ2n) is 11.3. The molecule has 0 spiro atoms. The number of nitro benzene ring substituents is 1. The Morgan fingerprint density at radius 3 is 2.13 bits per heavy atom. The average molecular weight is 604 g/mol. The highest BCUT2D eigenvalue weighted by Crippen LogP contribution is 2.39. The smallest absolute Gasteiger partial charge is 0.269 e. The summed E-state index contributed by atoms with van der Waals surface area (Å²) in [6, 6.07) is 28.5. The SMILES string of the molecule is Cc1ccc(C(c2ccccc2)[C@H](O)C2C=CC3C(=O)N(c4ccc(CN)cc4)C(=O)[C@H]3N2Nc2ccc([N+](=O)[O-])cc2)cc1. The maximum absolute atomic E-state index is 14.2. The minimum Gasteiger partial charge on any atom is -0.390 e. The van der Waals surface area contributed by atoms with E-state index in [2.05, 4.69) is 5.43 Å². The zero-order valence-electron chi connectivity index (χ0n) is 24.6. The lowest BCUT2D eigenvalue weighted by Gasteiger charge is -2.42. The van der Waals surface area contributed by atoms with Crippen LogP contribution in [0.5, 0.6) is 0 Å². The first-order chi connectivity index (χ1) is 21.8. The van der Waals surface area contributed by atoms with Crippen LogP contribution in [-0.2, 0) is 16.1 Å². The zero-order valence-corrected chi connectivity index (χ0v) is 24.6. The van der Waals surface area contributed by atoms with Crippen molar-refractivity contribution < 1.29 is 19.6 Å². The Balaban J connectivity index is 1.42. The Morgan fingerprint density at radius 1 is 0.867 bits per heavy atom. The first-order valence-corrected chi connectivity index (χ1v) is 14.7. The molecule has 2 aliphatic rings. The molecular weight excluding hydrogens is 570 g/mol. The van der Waals surface area contributed by atoms with E-state index in [1.807, 2.05) is 61.5 Å². The molecule has 4 N–H and O–H groups in total. The molecule has 0 aliphatic carbocycles. The summed E-state index contributed by atoms with van der Waals surface area (Å²) in [7, 11) is 0. The number of nitro groups is 1. The number of hydrazine groups is 1. The largest absolute Gasteiger partial charge is 0.390 e. The number of carbonyl (C=O) groups excluding carboxylic acids is 2. The van der Waals surface area contributed by atoms with Crippen molar-refractivity contribution in [1.29, 1.82) is 0 Å². The van der Waals surface area contributed by atoms with Crippen LogP contribution in [0.1, 0.15) is 28.2 Å². The molecule has 4 aromatic rings. The van der Waals surface area contributed by atoms with Crippen LogP contribution in [0, 0.1) is 23.0 Å². The van der Waals surface area contributed by atoms with Gasteiger partial charge >= 0.3 is 0 Å². The van der Waals surface area contributed by atoms with Crippen LogP contribution < -0.4 is 16.1 Å². The molecule has 6 rings (SSSR count). The van der Waals surface area contributed by atoms with Crippen molar-refractivity contribution in [2.45, 2.75) is 37.6 Å². The number of non-ortho nitro benzene ring substituents is 1. The first kappa shape index (κ1) is 29.9. The highest BCUT2D eigenvalue weighted by atomic mass is 16.6. The van der Waals surface area contributed by atoms with Gasteiger partial charge in [0.05, 0.1) is 28.7 Å². The molecule has 0 aromatic heterocycles. The maximum Gasteiger partial charge on any atom is 0.269 e. The van der Waals surface area contributed by atoms with Gasteiger partial charge in [-0.2, -0.15) is 0 Å². The molecule has 0 saturated carbocycles. The van der Waals surface area contributed by atoms with Gasteiger partial charge in [-0.05, 0) is 47.9 Å². The number of benzene rings is 4. The number of rotatable bonds is 9. The standard InChI is InChI=1S/C35H33N5O5/c1-22-7-11-25(12-8-22)31(24-5-3-2-4-6-24)33(41)30-20-19-29-32(39(30)37-26-13-17-28(18-14-26)40(44)45)35(43)38(34(29)42)27-15-9-23(21-36)10-16-27/h2-20,29-33,37,41H,21,36H2,1H3/t29?,30?,31?,32-,33+/m0/s1. The third-order valence-electron chi connectivity index (χ3n) is 8.51. The molecule has 10 heteroatoms. The Hall–Kier alpha value is -5.16. The number of fused-ring (bicyclic) bond motifs is 1. The van der Waals surface area contributed by atoms with Gasteiger partial charge in [0.1, 0.15) is 6.04 Å². The van der Waals surface area contributed by atoms with Gasteiger partial charge in [0.15, 0.2) is 0 Å². The topological polar surface area (TPSA) is 142 Å². The lowest BCUT2D eigenvalue weighted by atomic mass is 9.81. The van der Waals surface area contributed by atoms with E-state index in [0.717, 1.165) is 22.3 Å². The number of nitrogens with zero attached hydrogens (tertiary/aromatic N) is 3. The van der Waals surface area contributed by atoms with Gasteiger partial charge in [-0.3, -0.25) is 19.7 Å². The van der Waals surface area contributed by atoms with Gasteiger partial charge in [-0.15, -0.1) is 0 Å². The second kappa shape index (κ2) is 12.4. The van der Waals surface area contributed by atoms with Crippen molar-refractivity contribution in [3.8, 4) is 0 Å². The van der Waals surface area contributed by atoms with E-state index in [4.69, 9.17) is 5.73 Å². The molecule has 1 fully saturated rings. The molecule has 2 amide bonds. The van der Waals surface area contributed by atoms with Crippen LogP contribution in [0.3, 0.4) is 0 Å². The molecule has 0 bridgehead atoms. The molecule has 2 heterocycles. The van der Waals surface area contributed by atoms with Crippen LogP contribution in [0.25, 0.3) is 0 Å².